The van der Waals surface area contributed by atoms with Crippen molar-refractivity contribution in [3.63, 3.8) is 0 Å². The molecule has 1 amide bonds. The zero-order valence-electron chi connectivity index (χ0n) is 9.69. The van der Waals surface area contributed by atoms with Gasteiger partial charge in [-0.1, -0.05) is 0 Å². The van der Waals surface area contributed by atoms with Crippen molar-refractivity contribution in [2.45, 2.75) is 24.9 Å². The molecule has 0 aromatic heterocycles. The molecular formula is C11H20N2O3. The first kappa shape index (κ1) is 11.8. The molecule has 3 atom stereocenters. The summed E-state index contributed by atoms with van der Waals surface area (Å²) in [5.41, 5.74) is 0. The van der Waals surface area contributed by atoms with Gasteiger partial charge in [0.25, 0.3) is 0 Å². The Hall–Kier alpha value is -0.650. The number of hydrogen-bond donors (Lipinski definition) is 2. The third-order valence-corrected chi connectivity index (χ3v) is 3.64. The third kappa shape index (κ3) is 2.07. The van der Waals surface area contributed by atoms with Gasteiger partial charge < -0.3 is 20.1 Å². The fraction of sp³-hybridized carbons (Fsp3) is 0.909. The lowest BCUT2D eigenvalue weighted by Crippen LogP contribution is -2.47. The van der Waals surface area contributed by atoms with Crippen molar-refractivity contribution in [3.8, 4) is 0 Å². The number of aliphatic hydroxyl groups is 1. The summed E-state index contributed by atoms with van der Waals surface area (Å²) < 4.78 is 5.34. The van der Waals surface area contributed by atoms with E-state index in [9.17, 15) is 9.90 Å². The topological polar surface area (TPSA) is 61.8 Å². The second-order valence-electron chi connectivity index (χ2n) is 4.55. The predicted octanol–water partition coefficient (Wildman–Crippen LogP) is -0.796. The second-order valence-corrected chi connectivity index (χ2v) is 4.55. The summed E-state index contributed by atoms with van der Waals surface area (Å²) >= 11 is 0. The highest BCUT2D eigenvalue weighted by atomic mass is 16.5. The minimum atomic E-state index is -0.0860. The van der Waals surface area contributed by atoms with Crippen LogP contribution in [0.2, 0.25) is 0 Å². The fourth-order valence-electron chi connectivity index (χ4n) is 2.61. The molecule has 2 saturated heterocycles. The van der Waals surface area contributed by atoms with Crippen LogP contribution < -0.4 is 5.32 Å². The zero-order valence-corrected chi connectivity index (χ0v) is 9.69. The van der Waals surface area contributed by atoms with E-state index in [1.807, 2.05) is 11.9 Å². The van der Waals surface area contributed by atoms with Gasteiger partial charge in [0.15, 0.2) is 0 Å². The summed E-state index contributed by atoms with van der Waals surface area (Å²) in [4.78, 5) is 14.1. The molecular weight excluding hydrogens is 208 g/mol. The van der Waals surface area contributed by atoms with Gasteiger partial charge in [0.05, 0.1) is 31.8 Å². The van der Waals surface area contributed by atoms with Crippen molar-refractivity contribution in [1.29, 1.82) is 0 Å². The van der Waals surface area contributed by atoms with Crippen LogP contribution in [-0.4, -0.2) is 61.4 Å². The quantitative estimate of drug-likeness (QED) is 0.664. The third-order valence-electron chi connectivity index (χ3n) is 3.64. The maximum atomic E-state index is 12.3. The average Bonchev–Trinajstić information content (AvgIpc) is 2.96. The molecule has 2 rings (SSSR count). The van der Waals surface area contributed by atoms with Crippen LogP contribution in [0.15, 0.2) is 0 Å². The summed E-state index contributed by atoms with van der Waals surface area (Å²) in [6, 6.07) is 0.137. The maximum absolute atomic E-state index is 12.3. The van der Waals surface area contributed by atoms with Gasteiger partial charge >= 0.3 is 0 Å². The average molecular weight is 228 g/mol. The number of aliphatic hydroxyl groups excluding tert-OH is 1. The number of carbonyl (C=O) groups is 1. The zero-order chi connectivity index (χ0) is 11.5. The summed E-state index contributed by atoms with van der Waals surface area (Å²) in [6.07, 6.45) is 1.91. The Morgan fingerprint density at radius 3 is 3.06 bits per heavy atom. The molecule has 2 fully saturated rings. The Balaban J connectivity index is 2.00. The second kappa shape index (κ2) is 5.12. The van der Waals surface area contributed by atoms with Gasteiger partial charge in [0.2, 0.25) is 5.91 Å². The Labute approximate surface area is 95.8 Å². The minimum Gasteiger partial charge on any atom is -0.394 e. The first-order valence-electron chi connectivity index (χ1n) is 5.94. The number of likely N-dealkylation sites (N-methyl/N-ethyl adjacent to an activating group) is 1. The van der Waals surface area contributed by atoms with Gasteiger partial charge in [0.1, 0.15) is 0 Å². The van der Waals surface area contributed by atoms with Crippen LogP contribution in [0.3, 0.4) is 0 Å². The Morgan fingerprint density at radius 1 is 1.56 bits per heavy atom. The molecule has 0 spiro atoms. The number of ether oxygens (including phenoxy) is 1. The molecule has 2 heterocycles. The van der Waals surface area contributed by atoms with E-state index in [1.54, 1.807) is 0 Å². The molecule has 0 aliphatic carbocycles. The molecule has 2 aliphatic heterocycles. The number of likely N-dealkylation sites (tertiary alicyclic amines) is 1. The molecule has 0 aromatic carbocycles. The van der Waals surface area contributed by atoms with Crippen LogP contribution in [0.25, 0.3) is 0 Å². The molecule has 5 heteroatoms. The van der Waals surface area contributed by atoms with Crippen molar-refractivity contribution in [1.82, 2.24) is 10.2 Å². The van der Waals surface area contributed by atoms with Crippen LogP contribution in [-0.2, 0) is 9.53 Å². The lowest BCUT2D eigenvalue weighted by Gasteiger charge is -2.27. The van der Waals surface area contributed by atoms with Crippen LogP contribution in [0, 0.1) is 5.92 Å². The number of nitrogens with one attached hydrogen (secondary N) is 1. The molecule has 2 N–H and O–H groups in total. The van der Waals surface area contributed by atoms with E-state index in [-0.39, 0.29) is 30.5 Å². The lowest BCUT2D eigenvalue weighted by molar-refractivity contribution is -0.137. The summed E-state index contributed by atoms with van der Waals surface area (Å²) in [7, 11) is 1.85. The Morgan fingerprint density at radius 2 is 2.38 bits per heavy atom. The molecule has 16 heavy (non-hydrogen) atoms. The molecule has 3 unspecified atom stereocenters. The van der Waals surface area contributed by atoms with E-state index in [4.69, 9.17) is 4.74 Å². The molecule has 0 radical (unpaired) electrons. The first-order chi connectivity index (χ1) is 7.77. The highest BCUT2D eigenvalue weighted by Crippen LogP contribution is 2.23. The van der Waals surface area contributed by atoms with Crippen molar-refractivity contribution < 1.29 is 14.6 Å². The van der Waals surface area contributed by atoms with Crippen molar-refractivity contribution >= 4 is 5.91 Å². The van der Waals surface area contributed by atoms with Gasteiger partial charge in [-0.15, -0.1) is 0 Å². The van der Waals surface area contributed by atoms with E-state index >= 15 is 0 Å². The van der Waals surface area contributed by atoms with E-state index in [2.05, 4.69) is 5.32 Å². The summed E-state index contributed by atoms with van der Waals surface area (Å²) in [6.45, 7) is 1.95. The van der Waals surface area contributed by atoms with E-state index in [0.717, 1.165) is 19.4 Å². The van der Waals surface area contributed by atoms with Gasteiger partial charge in [-0.2, -0.15) is 0 Å². The molecule has 0 aromatic rings. The highest BCUT2D eigenvalue weighted by molar-refractivity contribution is 5.80. The predicted molar refractivity (Wildman–Crippen MR) is 59.0 cm³/mol. The van der Waals surface area contributed by atoms with Gasteiger partial charge in [-0.3, -0.25) is 4.79 Å². The number of nitrogens with zero attached hydrogens (tertiary/aromatic N) is 1. The van der Waals surface area contributed by atoms with Crippen molar-refractivity contribution in [2.24, 2.45) is 5.92 Å². The maximum Gasteiger partial charge on any atom is 0.230 e. The van der Waals surface area contributed by atoms with Gasteiger partial charge in [-0.25, -0.2) is 0 Å². The number of amides is 1. The summed E-state index contributed by atoms with van der Waals surface area (Å²) in [5.74, 6) is 0.0468. The number of rotatable bonds is 3. The van der Waals surface area contributed by atoms with Crippen LogP contribution >= 0.6 is 0 Å². The fourth-order valence-corrected chi connectivity index (χ4v) is 2.61. The van der Waals surface area contributed by atoms with Crippen LogP contribution in [0.4, 0.5) is 0 Å². The molecule has 0 saturated carbocycles. The van der Waals surface area contributed by atoms with Crippen molar-refractivity contribution in [3.05, 3.63) is 0 Å². The molecule has 92 valence electrons. The van der Waals surface area contributed by atoms with Crippen molar-refractivity contribution in [2.75, 3.05) is 33.4 Å². The first-order valence-corrected chi connectivity index (χ1v) is 5.94. The van der Waals surface area contributed by atoms with Crippen LogP contribution in [0.1, 0.15) is 12.8 Å². The monoisotopic (exact) mass is 228 g/mol. The molecule has 5 nitrogen and oxygen atoms in total. The lowest BCUT2D eigenvalue weighted by atomic mass is 10.0. The smallest absolute Gasteiger partial charge is 0.230 e. The highest BCUT2D eigenvalue weighted by Gasteiger charge is 2.39. The largest absolute Gasteiger partial charge is 0.394 e. The van der Waals surface area contributed by atoms with Crippen LogP contribution in [0.5, 0.6) is 0 Å². The number of hydrogen-bond acceptors (Lipinski definition) is 4. The Kier molecular flexibility index (Phi) is 3.78. The normalized spacial score (nSPS) is 34.6. The number of carbonyl (C=O) groups excluding carboxylic acids is 1. The minimum absolute atomic E-state index is 0.0191. The standard InChI is InChI=1S/C11H20N2O3/c1-12-10-7-16-6-9(10)11(15)13-4-2-3-8(13)5-14/h8-10,12,14H,2-7H2,1H3. The SMILES string of the molecule is CNC1COCC1C(=O)N1CCCC1CO. The molecule has 0 bridgehead atoms. The van der Waals surface area contributed by atoms with E-state index in [0.29, 0.717) is 13.2 Å². The van der Waals surface area contributed by atoms with E-state index in [1.165, 1.54) is 0 Å². The van der Waals surface area contributed by atoms with Gasteiger partial charge in [0, 0.05) is 12.6 Å². The summed E-state index contributed by atoms with van der Waals surface area (Å²) in [5, 5.41) is 12.3. The van der Waals surface area contributed by atoms with E-state index < -0.39 is 0 Å². The van der Waals surface area contributed by atoms with Gasteiger partial charge in [-0.05, 0) is 19.9 Å². The Bertz CT molecular complexity index is 236. The molecule has 2 aliphatic rings.